The summed E-state index contributed by atoms with van der Waals surface area (Å²) in [4.78, 5) is 19.7. The Morgan fingerprint density at radius 3 is 2.67 bits per heavy atom. The molecule has 1 saturated carbocycles. The number of nitrogens with one attached hydrogen (secondary N) is 1. The molecule has 0 aromatic carbocycles. The van der Waals surface area contributed by atoms with Crippen LogP contribution in [0.5, 0.6) is 0 Å². The molecule has 1 atom stereocenters. The Hall–Kier alpha value is -0.290. The molecule has 1 aliphatic carbocycles. The highest BCUT2D eigenvalue weighted by Gasteiger charge is 2.26. The molecule has 0 bridgehead atoms. The summed E-state index contributed by atoms with van der Waals surface area (Å²) in [5.74, 6) is 2.56. The van der Waals surface area contributed by atoms with Gasteiger partial charge in [0.25, 0.3) is 5.56 Å². The van der Waals surface area contributed by atoms with Gasteiger partial charge in [-0.25, -0.2) is 4.98 Å². The van der Waals surface area contributed by atoms with E-state index < -0.39 is 0 Å². The fourth-order valence-corrected chi connectivity index (χ4v) is 4.64. The van der Waals surface area contributed by atoms with Crippen LogP contribution in [0.2, 0.25) is 0 Å². The third kappa shape index (κ3) is 2.39. The number of nitrogens with zero attached hydrogens (tertiary/aromatic N) is 1. The van der Waals surface area contributed by atoms with Crippen LogP contribution in [0, 0.1) is 0 Å². The number of H-pyrrole nitrogens is 1. The molecule has 1 unspecified atom stereocenters. The van der Waals surface area contributed by atoms with Gasteiger partial charge in [-0.2, -0.15) is 11.8 Å². The maximum absolute atomic E-state index is 12.0. The van der Waals surface area contributed by atoms with Crippen LogP contribution in [0.3, 0.4) is 0 Å². The molecule has 1 saturated heterocycles. The third-order valence-corrected chi connectivity index (χ3v) is 6.04. The van der Waals surface area contributed by atoms with Crippen molar-refractivity contribution in [1.82, 2.24) is 9.97 Å². The lowest BCUT2D eigenvalue weighted by Gasteiger charge is -2.14. The summed E-state index contributed by atoms with van der Waals surface area (Å²) in [6, 6.07) is 0. The van der Waals surface area contributed by atoms with Gasteiger partial charge in [-0.1, -0.05) is 12.8 Å². The van der Waals surface area contributed by atoms with Crippen LogP contribution in [-0.2, 0) is 0 Å². The van der Waals surface area contributed by atoms with Crippen molar-refractivity contribution in [2.24, 2.45) is 0 Å². The van der Waals surface area contributed by atoms with E-state index in [9.17, 15) is 4.79 Å². The van der Waals surface area contributed by atoms with E-state index in [4.69, 9.17) is 4.98 Å². The summed E-state index contributed by atoms with van der Waals surface area (Å²) in [6.07, 6.45) is 7.24. The number of aromatic nitrogens is 2. The van der Waals surface area contributed by atoms with Crippen molar-refractivity contribution in [1.29, 1.82) is 0 Å². The SMILES string of the molecule is O=c1[nH]c(C2CCCS2)nc(C2CCCC2)c1Br. The molecule has 98 valence electrons. The molecule has 1 aliphatic heterocycles. The zero-order chi connectivity index (χ0) is 12.5. The van der Waals surface area contributed by atoms with Crippen molar-refractivity contribution in [2.45, 2.75) is 49.7 Å². The highest BCUT2D eigenvalue weighted by atomic mass is 79.9. The molecular formula is C13H17BrN2OS. The topological polar surface area (TPSA) is 45.8 Å². The van der Waals surface area contributed by atoms with E-state index >= 15 is 0 Å². The van der Waals surface area contributed by atoms with Gasteiger partial charge in [0.2, 0.25) is 0 Å². The van der Waals surface area contributed by atoms with Crippen molar-refractivity contribution in [2.75, 3.05) is 5.75 Å². The molecule has 0 amide bonds. The van der Waals surface area contributed by atoms with E-state index in [1.807, 2.05) is 11.8 Å². The van der Waals surface area contributed by atoms with E-state index in [1.54, 1.807) is 0 Å². The number of aromatic amines is 1. The number of halogens is 1. The van der Waals surface area contributed by atoms with Crippen LogP contribution in [0.25, 0.3) is 0 Å². The lowest BCUT2D eigenvalue weighted by atomic mass is 10.0. The van der Waals surface area contributed by atoms with Gasteiger partial charge in [-0.3, -0.25) is 4.79 Å². The highest BCUT2D eigenvalue weighted by Crippen LogP contribution is 2.40. The van der Waals surface area contributed by atoms with E-state index in [-0.39, 0.29) is 5.56 Å². The maximum Gasteiger partial charge on any atom is 0.265 e. The maximum atomic E-state index is 12.0. The smallest absolute Gasteiger partial charge is 0.265 e. The molecule has 1 aromatic rings. The van der Waals surface area contributed by atoms with Crippen LogP contribution >= 0.6 is 27.7 Å². The van der Waals surface area contributed by atoms with Crippen LogP contribution < -0.4 is 5.56 Å². The summed E-state index contributed by atoms with van der Waals surface area (Å²) in [7, 11) is 0. The first-order chi connectivity index (χ1) is 8.75. The summed E-state index contributed by atoms with van der Waals surface area (Å²) < 4.78 is 0.654. The normalized spacial score (nSPS) is 24.8. The first-order valence-electron chi connectivity index (χ1n) is 6.67. The van der Waals surface area contributed by atoms with Crippen LogP contribution in [-0.4, -0.2) is 15.7 Å². The summed E-state index contributed by atoms with van der Waals surface area (Å²) in [5.41, 5.74) is 0.994. The van der Waals surface area contributed by atoms with Crippen molar-refractivity contribution >= 4 is 27.7 Å². The van der Waals surface area contributed by atoms with Crippen LogP contribution in [0.1, 0.15) is 61.2 Å². The average Bonchev–Trinajstić information content (AvgIpc) is 3.03. The Labute approximate surface area is 119 Å². The van der Waals surface area contributed by atoms with Gasteiger partial charge in [0.1, 0.15) is 10.3 Å². The zero-order valence-corrected chi connectivity index (χ0v) is 12.6. The predicted octanol–water partition coefficient (Wildman–Crippen LogP) is 3.76. The predicted molar refractivity (Wildman–Crippen MR) is 78.2 cm³/mol. The molecule has 2 heterocycles. The van der Waals surface area contributed by atoms with E-state index in [2.05, 4.69) is 20.9 Å². The van der Waals surface area contributed by atoms with Gasteiger partial charge in [0, 0.05) is 5.92 Å². The molecule has 0 radical (unpaired) electrons. The monoisotopic (exact) mass is 328 g/mol. The molecule has 0 spiro atoms. The highest BCUT2D eigenvalue weighted by molar-refractivity contribution is 9.10. The molecule has 2 fully saturated rings. The van der Waals surface area contributed by atoms with Crippen molar-refractivity contribution in [3.8, 4) is 0 Å². The molecule has 3 nitrogen and oxygen atoms in total. The average molecular weight is 329 g/mol. The Bertz CT molecular complexity index is 490. The standard InChI is InChI=1S/C13H17BrN2OS/c14-10-11(8-4-1-2-5-8)15-12(16-13(10)17)9-6-3-7-18-9/h8-9H,1-7H2,(H,15,16,17). The number of hydrogen-bond acceptors (Lipinski definition) is 3. The van der Waals surface area contributed by atoms with Crippen molar-refractivity contribution in [3.05, 3.63) is 26.3 Å². The molecule has 2 aliphatic rings. The van der Waals surface area contributed by atoms with Gasteiger partial charge in [0.15, 0.2) is 0 Å². The second-order valence-electron chi connectivity index (χ2n) is 5.13. The molecule has 1 N–H and O–H groups in total. The first kappa shape index (κ1) is 12.7. The van der Waals surface area contributed by atoms with Gasteiger partial charge < -0.3 is 4.98 Å². The van der Waals surface area contributed by atoms with Gasteiger partial charge >= 0.3 is 0 Å². The Morgan fingerprint density at radius 2 is 2.00 bits per heavy atom. The van der Waals surface area contributed by atoms with E-state index in [1.165, 1.54) is 37.9 Å². The molecule has 5 heteroatoms. The lowest BCUT2D eigenvalue weighted by molar-refractivity contribution is 0.666. The van der Waals surface area contributed by atoms with Crippen LogP contribution in [0.15, 0.2) is 9.27 Å². The van der Waals surface area contributed by atoms with Crippen LogP contribution in [0.4, 0.5) is 0 Å². The summed E-state index contributed by atoms with van der Waals surface area (Å²) in [6.45, 7) is 0. The molecule has 18 heavy (non-hydrogen) atoms. The lowest BCUT2D eigenvalue weighted by Crippen LogP contribution is -2.18. The number of rotatable bonds is 2. The second kappa shape index (κ2) is 5.37. The Kier molecular flexibility index (Phi) is 3.80. The fraction of sp³-hybridized carbons (Fsp3) is 0.692. The number of thioether (sulfide) groups is 1. The van der Waals surface area contributed by atoms with Crippen molar-refractivity contribution < 1.29 is 0 Å². The molecule has 3 rings (SSSR count). The van der Waals surface area contributed by atoms with E-state index in [0.29, 0.717) is 15.6 Å². The summed E-state index contributed by atoms with van der Waals surface area (Å²) >= 11 is 5.33. The third-order valence-electron chi connectivity index (χ3n) is 3.88. The minimum Gasteiger partial charge on any atom is -0.309 e. The largest absolute Gasteiger partial charge is 0.309 e. The summed E-state index contributed by atoms with van der Waals surface area (Å²) in [5, 5.41) is 0.394. The minimum atomic E-state index is -0.00519. The molecular weight excluding hydrogens is 312 g/mol. The Balaban J connectivity index is 1.98. The molecule has 1 aromatic heterocycles. The zero-order valence-electron chi connectivity index (χ0n) is 10.2. The van der Waals surface area contributed by atoms with Crippen molar-refractivity contribution in [3.63, 3.8) is 0 Å². The number of hydrogen-bond donors (Lipinski definition) is 1. The Morgan fingerprint density at radius 1 is 1.22 bits per heavy atom. The minimum absolute atomic E-state index is 0.00519. The quantitative estimate of drug-likeness (QED) is 0.899. The van der Waals surface area contributed by atoms with Gasteiger partial charge in [-0.05, 0) is 47.4 Å². The van der Waals surface area contributed by atoms with E-state index in [0.717, 1.165) is 17.9 Å². The van der Waals surface area contributed by atoms with Gasteiger partial charge in [-0.15, -0.1) is 0 Å². The first-order valence-corrected chi connectivity index (χ1v) is 8.51. The van der Waals surface area contributed by atoms with Gasteiger partial charge in [0.05, 0.1) is 10.9 Å². The fourth-order valence-electron chi connectivity index (χ4n) is 2.91. The second-order valence-corrected chi connectivity index (χ2v) is 7.24.